The molecule has 1 atom stereocenters. The molecule has 0 spiro atoms. The average molecular weight is 543 g/mol. The third kappa shape index (κ3) is 6.08. The van der Waals surface area contributed by atoms with Crippen LogP contribution in [0, 0.1) is 30.1 Å². The number of hydrogen-bond acceptors (Lipinski definition) is 5. The van der Waals surface area contributed by atoms with Gasteiger partial charge in [-0.1, -0.05) is 48.8 Å². The summed E-state index contributed by atoms with van der Waals surface area (Å²) in [6.07, 6.45) is 4.86. The molecule has 2 aromatic rings. The molecule has 0 bridgehead atoms. The topological polar surface area (TPSA) is 95.0 Å². The average Bonchev–Trinajstić information content (AvgIpc) is 3.27. The number of carboxylic acids is 1. The van der Waals surface area contributed by atoms with Gasteiger partial charge in [-0.15, -0.1) is 11.3 Å². The number of piperazine rings is 1. The fourth-order valence-electron chi connectivity index (χ4n) is 5.03. The molecule has 1 aliphatic carbocycles. The molecule has 2 aliphatic rings. The van der Waals surface area contributed by atoms with Crippen molar-refractivity contribution >= 4 is 38.9 Å². The van der Waals surface area contributed by atoms with E-state index in [1.165, 1.54) is 4.31 Å². The van der Waals surface area contributed by atoms with E-state index in [2.05, 4.69) is 11.8 Å². The Hall–Kier alpha value is -2.67. The molecule has 4 rings (SSSR count). The zero-order valence-corrected chi connectivity index (χ0v) is 23.4. The van der Waals surface area contributed by atoms with E-state index in [0.717, 1.165) is 49.0 Å². The minimum atomic E-state index is -3.89. The van der Waals surface area contributed by atoms with Gasteiger partial charge in [-0.2, -0.15) is 4.31 Å². The minimum absolute atomic E-state index is 0.0576. The van der Waals surface area contributed by atoms with Crippen molar-refractivity contribution in [1.29, 1.82) is 0 Å². The number of aromatic carboxylic acids is 1. The molecule has 198 valence electrons. The maximum absolute atomic E-state index is 13.7. The molecule has 0 radical (unpaired) electrons. The maximum Gasteiger partial charge on any atom is 0.348 e. The van der Waals surface area contributed by atoms with E-state index in [0.29, 0.717) is 10.6 Å². The number of anilines is 1. The molecule has 1 unspecified atom stereocenters. The van der Waals surface area contributed by atoms with Crippen LogP contribution in [0.2, 0.25) is 0 Å². The molecule has 2 fully saturated rings. The number of rotatable bonds is 5. The smallest absolute Gasteiger partial charge is 0.348 e. The van der Waals surface area contributed by atoms with Gasteiger partial charge in [-0.25, -0.2) is 13.2 Å². The summed E-state index contributed by atoms with van der Waals surface area (Å²) in [5.41, 5.74) is 1.01. The van der Waals surface area contributed by atoms with Gasteiger partial charge >= 0.3 is 5.97 Å². The van der Waals surface area contributed by atoms with Gasteiger partial charge in [0.25, 0.3) is 0 Å². The van der Waals surface area contributed by atoms with Gasteiger partial charge in [-0.05, 0) is 64.7 Å². The molecule has 1 saturated heterocycles. The number of benzene rings is 1. The number of carboxylic acid groups (broad SMARTS) is 1. The standard InChI is InChI=1S/C28H34N2O5S2/c1-19-10-12-22(13-11-19)37(34,35)29-17-24(20-8-6-5-7-9-20)30(25(31)18-29)23-16-21(14-15-28(2,3)4)36-26(23)27(32)33/h10-13,16,20,24H,5-9,17-18H2,1-4H3,(H,32,33). The zero-order valence-electron chi connectivity index (χ0n) is 21.8. The van der Waals surface area contributed by atoms with Crippen LogP contribution in [0.25, 0.3) is 0 Å². The fraction of sp³-hybridized carbons (Fsp3) is 0.500. The molecule has 37 heavy (non-hydrogen) atoms. The van der Waals surface area contributed by atoms with E-state index >= 15 is 0 Å². The van der Waals surface area contributed by atoms with E-state index < -0.39 is 27.9 Å². The summed E-state index contributed by atoms with van der Waals surface area (Å²) in [4.78, 5) is 28.3. The number of carbonyl (C=O) groups is 2. The lowest BCUT2D eigenvalue weighted by Gasteiger charge is -2.44. The van der Waals surface area contributed by atoms with Gasteiger partial charge < -0.3 is 10.0 Å². The number of nitrogens with zero attached hydrogens (tertiary/aromatic N) is 2. The van der Waals surface area contributed by atoms with Gasteiger partial charge in [0.2, 0.25) is 15.9 Å². The lowest BCUT2D eigenvalue weighted by Crippen LogP contribution is -2.60. The van der Waals surface area contributed by atoms with Crippen molar-refractivity contribution in [2.45, 2.75) is 70.7 Å². The molecule has 1 N–H and O–H groups in total. The van der Waals surface area contributed by atoms with Gasteiger partial charge in [0.05, 0.1) is 28.0 Å². The lowest BCUT2D eigenvalue weighted by atomic mass is 9.82. The first kappa shape index (κ1) is 27.4. The Bertz CT molecular complexity index is 1340. The number of thiophene rings is 1. The highest BCUT2D eigenvalue weighted by molar-refractivity contribution is 7.89. The Balaban J connectivity index is 1.75. The predicted octanol–water partition coefficient (Wildman–Crippen LogP) is 5.14. The Morgan fingerprint density at radius 2 is 1.76 bits per heavy atom. The number of amides is 1. The molecule has 1 aromatic carbocycles. The Morgan fingerprint density at radius 3 is 2.35 bits per heavy atom. The van der Waals surface area contributed by atoms with E-state index in [9.17, 15) is 23.1 Å². The SMILES string of the molecule is Cc1ccc(S(=O)(=O)N2CC(=O)N(c3cc(C#CC(C)(C)C)sc3C(=O)O)C(C3CCCCC3)C2)cc1. The normalized spacial score (nSPS) is 19.9. The van der Waals surface area contributed by atoms with Crippen molar-refractivity contribution in [3.63, 3.8) is 0 Å². The van der Waals surface area contributed by atoms with Crippen LogP contribution >= 0.6 is 11.3 Å². The van der Waals surface area contributed by atoms with Crippen LogP contribution in [0.4, 0.5) is 5.69 Å². The van der Waals surface area contributed by atoms with Crippen LogP contribution < -0.4 is 4.90 Å². The van der Waals surface area contributed by atoms with Crippen LogP contribution in [-0.4, -0.2) is 48.8 Å². The summed E-state index contributed by atoms with van der Waals surface area (Å²) in [6.45, 7) is 7.61. The molecular weight excluding hydrogens is 508 g/mol. The number of carbonyl (C=O) groups excluding carboxylic acids is 1. The molecule has 1 saturated carbocycles. The van der Waals surface area contributed by atoms with Crippen molar-refractivity contribution in [3.05, 3.63) is 45.6 Å². The van der Waals surface area contributed by atoms with E-state index in [-0.39, 0.29) is 34.2 Å². The van der Waals surface area contributed by atoms with Gasteiger partial charge in [0.15, 0.2) is 0 Å². The monoisotopic (exact) mass is 542 g/mol. The third-order valence-corrected chi connectivity index (χ3v) is 9.74. The van der Waals surface area contributed by atoms with E-state index in [4.69, 9.17) is 0 Å². The fourth-order valence-corrected chi connectivity index (χ4v) is 7.27. The highest BCUT2D eigenvalue weighted by Crippen LogP contribution is 2.39. The second-order valence-corrected chi connectivity index (χ2v) is 14.0. The second-order valence-electron chi connectivity index (χ2n) is 11.0. The quantitative estimate of drug-likeness (QED) is 0.528. The lowest BCUT2D eigenvalue weighted by molar-refractivity contribution is -0.121. The molecule has 1 aliphatic heterocycles. The summed E-state index contributed by atoms with van der Waals surface area (Å²) in [5, 5.41) is 9.99. The molecule has 2 heterocycles. The van der Waals surface area contributed by atoms with Crippen LogP contribution in [0.1, 0.15) is 73.0 Å². The van der Waals surface area contributed by atoms with Crippen LogP contribution in [0.15, 0.2) is 35.2 Å². The molecule has 1 aromatic heterocycles. The summed E-state index contributed by atoms with van der Waals surface area (Å²) in [6, 6.07) is 7.86. The first-order valence-corrected chi connectivity index (χ1v) is 14.9. The maximum atomic E-state index is 13.7. The van der Waals surface area contributed by atoms with Crippen molar-refractivity contribution in [3.8, 4) is 11.8 Å². The van der Waals surface area contributed by atoms with Gasteiger partial charge in [-0.3, -0.25) is 4.79 Å². The van der Waals surface area contributed by atoms with Crippen LogP contribution in [0.5, 0.6) is 0 Å². The highest BCUT2D eigenvalue weighted by atomic mass is 32.2. The summed E-state index contributed by atoms with van der Waals surface area (Å²) >= 11 is 1.06. The second kappa shape index (κ2) is 10.6. The van der Waals surface area contributed by atoms with Gasteiger partial charge in [0.1, 0.15) is 4.88 Å². The first-order valence-electron chi connectivity index (χ1n) is 12.7. The largest absolute Gasteiger partial charge is 0.477 e. The summed E-state index contributed by atoms with van der Waals surface area (Å²) in [5.74, 6) is 4.76. The minimum Gasteiger partial charge on any atom is -0.477 e. The zero-order chi connectivity index (χ0) is 27.0. The Kier molecular flexibility index (Phi) is 7.84. The summed E-state index contributed by atoms with van der Waals surface area (Å²) in [7, 11) is -3.89. The Morgan fingerprint density at radius 1 is 1.11 bits per heavy atom. The van der Waals surface area contributed by atoms with Crippen molar-refractivity contribution in [2.24, 2.45) is 11.3 Å². The molecular formula is C28H34N2O5S2. The predicted molar refractivity (Wildman–Crippen MR) is 145 cm³/mol. The van der Waals surface area contributed by atoms with Gasteiger partial charge in [0, 0.05) is 12.0 Å². The summed E-state index contributed by atoms with van der Waals surface area (Å²) < 4.78 is 28.3. The number of aryl methyl sites for hydroxylation is 1. The van der Waals surface area contributed by atoms with Crippen LogP contribution in [-0.2, 0) is 14.8 Å². The first-order chi connectivity index (χ1) is 17.4. The third-order valence-electron chi connectivity index (χ3n) is 6.88. The molecule has 9 heteroatoms. The number of hydrogen-bond donors (Lipinski definition) is 1. The van der Waals surface area contributed by atoms with Crippen molar-refractivity contribution in [1.82, 2.24) is 4.31 Å². The van der Waals surface area contributed by atoms with Crippen LogP contribution in [0.3, 0.4) is 0 Å². The Labute approximate surface area is 223 Å². The van der Waals surface area contributed by atoms with Crippen molar-refractivity contribution in [2.75, 3.05) is 18.0 Å². The molecule has 7 nitrogen and oxygen atoms in total. The molecule has 1 amide bonds. The number of sulfonamides is 1. The van der Waals surface area contributed by atoms with E-state index in [1.54, 1.807) is 35.2 Å². The highest BCUT2D eigenvalue weighted by Gasteiger charge is 2.44. The van der Waals surface area contributed by atoms with Crippen molar-refractivity contribution < 1.29 is 23.1 Å². The van der Waals surface area contributed by atoms with E-state index in [1.807, 2.05) is 27.7 Å².